The second-order valence-corrected chi connectivity index (χ2v) is 15.7. The summed E-state index contributed by atoms with van der Waals surface area (Å²) in [7, 11) is -4.10. The lowest BCUT2D eigenvalue weighted by molar-refractivity contribution is -0.151. The van der Waals surface area contributed by atoms with Crippen LogP contribution in [0.2, 0.25) is 0 Å². The fraction of sp³-hybridized carbons (Fsp3) is 0.697. The molecule has 4 aliphatic carbocycles. The van der Waals surface area contributed by atoms with E-state index < -0.39 is 16.1 Å². The van der Waals surface area contributed by atoms with Gasteiger partial charge in [-0.15, -0.1) is 0 Å². The van der Waals surface area contributed by atoms with Crippen LogP contribution < -0.4 is 4.72 Å². The number of aliphatic hydroxyl groups is 1. The first-order valence-corrected chi connectivity index (χ1v) is 17.4. The summed E-state index contributed by atoms with van der Waals surface area (Å²) in [5, 5.41) is 10.5. The number of oxazole rings is 1. The SMILES string of the molecule is CC[C@H]1CC2C3CCC(CCOC(=O)NS(=O)(=O)c4cccc(-c5ncco5)c4)C3(C)CCC2[C@@]2(C)CC[C@@H](O)CC12. The smallest absolute Gasteiger partial charge is 0.421 e. The van der Waals surface area contributed by atoms with E-state index in [-0.39, 0.29) is 23.0 Å². The topological polar surface area (TPSA) is 119 Å². The van der Waals surface area contributed by atoms with Crippen LogP contribution >= 0.6 is 0 Å². The van der Waals surface area contributed by atoms with Gasteiger partial charge in [-0.1, -0.05) is 33.3 Å². The highest BCUT2D eigenvalue weighted by Gasteiger charge is 2.61. The van der Waals surface area contributed by atoms with Gasteiger partial charge in [0.05, 0.1) is 23.8 Å². The fourth-order valence-electron chi connectivity index (χ4n) is 10.2. The Labute approximate surface area is 250 Å². The second-order valence-electron chi connectivity index (χ2n) is 14.0. The number of nitrogens with zero attached hydrogens (tertiary/aromatic N) is 1. The minimum atomic E-state index is -4.10. The van der Waals surface area contributed by atoms with E-state index in [4.69, 9.17) is 9.15 Å². The van der Waals surface area contributed by atoms with Crippen molar-refractivity contribution in [3.05, 3.63) is 36.7 Å². The molecule has 1 heterocycles. The molecule has 9 atom stereocenters. The van der Waals surface area contributed by atoms with Crippen molar-refractivity contribution in [3.8, 4) is 11.5 Å². The van der Waals surface area contributed by atoms with Crippen molar-refractivity contribution in [2.45, 2.75) is 96.0 Å². The number of rotatable bonds is 7. The first-order valence-electron chi connectivity index (χ1n) is 15.9. The summed E-state index contributed by atoms with van der Waals surface area (Å²) < 4.78 is 38.5. The molecule has 1 amide bonds. The van der Waals surface area contributed by atoms with Gasteiger partial charge in [-0.3, -0.25) is 0 Å². The number of benzene rings is 1. The molecule has 6 unspecified atom stereocenters. The number of sulfonamides is 1. The van der Waals surface area contributed by atoms with Gasteiger partial charge in [-0.2, -0.15) is 0 Å². The molecule has 0 bridgehead atoms. The molecule has 2 N–H and O–H groups in total. The zero-order valence-electron chi connectivity index (χ0n) is 25.1. The van der Waals surface area contributed by atoms with E-state index in [0.29, 0.717) is 40.5 Å². The third kappa shape index (κ3) is 5.18. The Morgan fingerprint density at radius 1 is 1.10 bits per heavy atom. The molecule has 230 valence electrons. The van der Waals surface area contributed by atoms with Gasteiger partial charge in [-0.05, 0) is 122 Å². The minimum Gasteiger partial charge on any atom is -0.449 e. The van der Waals surface area contributed by atoms with Crippen molar-refractivity contribution in [1.82, 2.24) is 9.71 Å². The highest BCUT2D eigenvalue weighted by atomic mass is 32.2. The number of hydrogen-bond donors (Lipinski definition) is 2. The van der Waals surface area contributed by atoms with Crippen molar-refractivity contribution in [1.29, 1.82) is 0 Å². The summed E-state index contributed by atoms with van der Waals surface area (Å²) in [4.78, 5) is 16.6. The van der Waals surface area contributed by atoms with Gasteiger partial charge in [0.25, 0.3) is 10.0 Å². The third-order valence-electron chi connectivity index (χ3n) is 12.3. The summed E-state index contributed by atoms with van der Waals surface area (Å²) in [6.07, 6.45) is 12.9. The van der Waals surface area contributed by atoms with Crippen LogP contribution in [0.1, 0.15) is 85.0 Å². The van der Waals surface area contributed by atoms with E-state index in [9.17, 15) is 18.3 Å². The fourth-order valence-corrected chi connectivity index (χ4v) is 11.1. The first-order chi connectivity index (χ1) is 20.0. The third-order valence-corrected chi connectivity index (χ3v) is 13.6. The molecule has 0 radical (unpaired) electrons. The maximum absolute atomic E-state index is 12.9. The van der Waals surface area contributed by atoms with Crippen molar-refractivity contribution in [2.24, 2.45) is 46.3 Å². The van der Waals surface area contributed by atoms with Gasteiger partial charge < -0.3 is 14.3 Å². The highest BCUT2D eigenvalue weighted by Crippen LogP contribution is 2.69. The Morgan fingerprint density at radius 3 is 2.64 bits per heavy atom. The molecule has 4 saturated carbocycles. The van der Waals surface area contributed by atoms with E-state index in [1.54, 1.807) is 12.1 Å². The molecule has 2 aromatic rings. The lowest BCUT2D eigenvalue weighted by Crippen LogP contribution is -2.56. The zero-order valence-corrected chi connectivity index (χ0v) is 25.9. The van der Waals surface area contributed by atoms with Crippen molar-refractivity contribution in [3.63, 3.8) is 0 Å². The summed E-state index contributed by atoms with van der Waals surface area (Å²) in [6, 6.07) is 6.12. The predicted molar refractivity (Wildman–Crippen MR) is 159 cm³/mol. The van der Waals surface area contributed by atoms with Gasteiger partial charge in [0, 0.05) is 5.56 Å². The Kier molecular flexibility index (Phi) is 7.96. The van der Waals surface area contributed by atoms with E-state index in [2.05, 4.69) is 30.5 Å². The first kappa shape index (κ1) is 29.7. The van der Waals surface area contributed by atoms with Gasteiger partial charge in [-0.25, -0.2) is 22.9 Å². The normalized spacial score (nSPS) is 37.8. The molecule has 0 aliphatic heterocycles. The van der Waals surface area contributed by atoms with E-state index in [0.717, 1.165) is 43.9 Å². The lowest BCUT2D eigenvalue weighted by Gasteiger charge is -2.63. The van der Waals surface area contributed by atoms with Crippen molar-refractivity contribution < 1.29 is 27.5 Å². The van der Waals surface area contributed by atoms with Gasteiger partial charge in [0.15, 0.2) is 0 Å². The number of ether oxygens (including phenoxy) is 1. The lowest BCUT2D eigenvalue weighted by atomic mass is 9.42. The van der Waals surface area contributed by atoms with Gasteiger partial charge >= 0.3 is 6.09 Å². The standard InChI is InChI=1S/C33H46N2O6S/c1-4-21-19-26-27-9-8-23(32(27,2)14-11-28(26)33(3)13-10-24(36)20-29(21)33)12-16-41-31(37)35-42(38,39)25-7-5-6-22(18-25)30-34-15-17-40-30/h5-7,15,17-18,21,23-24,26-29,36H,4,8-14,16,19-20H2,1-3H3,(H,35,37)/t21-,23?,24+,26?,27?,28?,29?,32?,33+/m0/s1. The van der Waals surface area contributed by atoms with Crippen LogP contribution in [0.25, 0.3) is 11.5 Å². The predicted octanol–water partition coefficient (Wildman–Crippen LogP) is 6.80. The summed E-state index contributed by atoms with van der Waals surface area (Å²) in [5.41, 5.74) is 1.07. The van der Waals surface area contributed by atoms with Crippen LogP contribution in [0.5, 0.6) is 0 Å². The molecule has 0 spiro atoms. The molecule has 4 fully saturated rings. The maximum Gasteiger partial charge on any atom is 0.421 e. The molecule has 1 aromatic carbocycles. The average Bonchev–Trinajstić information content (AvgIpc) is 3.62. The molecule has 6 rings (SSSR count). The van der Waals surface area contributed by atoms with Crippen LogP contribution in [0.3, 0.4) is 0 Å². The minimum absolute atomic E-state index is 0.0562. The molecule has 0 saturated heterocycles. The summed E-state index contributed by atoms with van der Waals surface area (Å²) in [6.45, 7) is 7.55. The highest BCUT2D eigenvalue weighted by molar-refractivity contribution is 7.90. The number of carbonyl (C=O) groups excluding carboxylic acids is 1. The molecule has 1 aromatic heterocycles. The molecule has 42 heavy (non-hydrogen) atoms. The molecule has 4 aliphatic rings. The quantitative estimate of drug-likeness (QED) is 0.360. The van der Waals surface area contributed by atoms with Gasteiger partial charge in [0.1, 0.15) is 6.26 Å². The van der Waals surface area contributed by atoms with Crippen LogP contribution in [-0.2, 0) is 14.8 Å². The maximum atomic E-state index is 12.9. The summed E-state index contributed by atoms with van der Waals surface area (Å²) >= 11 is 0. The average molecular weight is 599 g/mol. The van der Waals surface area contributed by atoms with E-state index in [1.165, 1.54) is 56.7 Å². The van der Waals surface area contributed by atoms with Crippen LogP contribution in [0, 0.1) is 46.3 Å². The largest absolute Gasteiger partial charge is 0.449 e. The molecular weight excluding hydrogens is 552 g/mol. The van der Waals surface area contributed by atoms with Crippen molar-refractivity contribution >= 4 is 16.1 Å². The number of aliphatic hydroxyl groups excluding tert-OH is 1. The van der Waals surface area contributed by atoms with Crippen molar-refractivity contribution in [2.75, 3.05) is 6.61 Å². The Hall–Kier alpha value is -2.39. The number of aromatic nitrogens is 1. The van der Waals surface area contributed by atoms with Crippen LogP contribution in [0.15, 0.2) is 46.0 Å². The number of hydrogen-bond acceptors (Lipinski definition) is 7. The number of nitrogens with one attached hydrogen (secondary N) is 1. The zero-order chi connectivity index (χ0) is 29.7. The Balaban J connectivity index is 1.06. The molecule has 8 nitrogen and oxygen atoms in total. The van der Waals surface area contributed by atoms with E-state index >= 15 is 0 Å². The molecule has 9 heteroatoms. The second kappa shape index (κ2) is 11.3. The van der Waals surface area contributed by atoms with Gasteiger partial charge in [0.2, 0.25) is 5.89 Å². The Bertz CT molecular complexity index is 1380. The number of fused-ring (bicyclic) bond motifs is 5. The van der Waals surface area contributed by atoms with Crippen LogP contribution in [0.4, 0.5) is 4.79 Å². The van der Waals surface area contributed by atoms with E-state index in [1.807, 2.05) is 0 Å². The Morgan fingerprint density at radius 2 is 1.88 bits per heavy atom. The summed E-state index contributed by atoms with van der Waals surface area (Å²) in [5.74, 6) is 4.26. The molecular formula is C33H46N2O6S. The number of amides is 1. The number of carbonyl (C=O) groups is 1. The monoisotopic (exact) mass is 598 g/mol. The van der Waals surface area contributed by atoms with Crippen LogP contribution in [-0.4, -0.2) is 37.3 Å².